The lowest BCUT2D eigenvalue weighted by molar-refractivity contribution is 0.0952. The molecule has 1 N–H and O–H groups in total. The molecule has 0 atom stereocenters. The summed E-state index contributed by atoms with van der Waals surface area (Å²) in [6.07, 6.45) is 4.34. The number of amides is 1. The summed E-state index contributed by atoms with van der Waals surface area (Å²) in [6, 6.07) is 6.24. The molecule has 1 amide bonds. The molecule has 6 heteroatoms. The number of carbonyl (C=O) groups is 1. The number of hydrogen-bond donors (Lipinski definition) is 1. The molecule has 1 aromatic rings. The van der Waals surface area contributed by atoms with Crippen molar-refractivity contribution in [3.8, 4) is 0 Å². The monoisotopic (exact) mass is 340 g/mol. The van der Waals surface area contributed by atoms with E-state index in [9.17, 15) is 13.2 Å². The van der Waals surface area contributed by atoms with Crippen LogP contribution in [-0.2, 0) is 10.0 Å². The van der Waals surface area contributed by atoms with Crippen LogP contribution in [0.25, 0.3) is 0 Å². The highest BCUT2D eigenvalue weighted by atomic mass is 32.2. The number of rotatable bonds is 10. The van der Waals surface area contributed by atoms with Crippen LogP contribution in [0.1, 0.15) is 56.8 Å². The molecule has 0 saturated heterocycles. The molecule has 0 aliphatic carbocycles. The molecule has 0 unspecified atom stereocenters. The lowest BCUT2D eigenvalue weighted by atomic mass is 10.2. The zero-order valence-corrected chi connectivity index (χ0v) is 15.2. The van der Waals surface area contributed by atoms with Crippen LogP contribution in [-0.4, -0.2) is 38.3 Å². The van der Waals surface area contributed by atoms with Gasteiger partial charge >= 0.3 is 0 Å². The van der Waals surface area contributed by atoms with Crippen LogP contribution in [0.2, 0.25) is 0 Å². The smallest absolute Gasteiger partial charge is 0.251 e. The Labute approximate surface area is 140 Å². The van der Waals surface area contributed by atoms with Crippen molar-refractivity contribution in [2.24, 2.45) is 0 Å². The normalized spacial score (nSPS) is 11.7. The van der Waals surface area contributed by atoms with Crippen LogP contribution in [0.15, 0.2) is 29.2 Å². The molecule has 0 spiro atoms. The molecule has 1 rings (SSSR count). The fourth-order valence-electron chi connectivity index (χ4n) is 2.37. The zero-order chi connectivity index (χ0) is 17.3. The van der Waals surface area contributed by atoms with Gasteiger partial charge in [0.15, 0.2) is 0 Å². The summed E-state index contributed by atoms with van der Waals surface area (Å²) in [7, 11) is -3.54. The fourth-order valence-corrected chi connectivity index (χ4v) is 3.87. The minimum atomic E-state index is -3.54. The summed E-state index contributed by atoms with van der Waals surface area (Å²) < 4.78 is 26.4. The van der Waals surface area contributed by atoms with Crippen molar-refractivity contribution in [3.63, 3.8) is 0 Å². The number of carbonyl (C=O) groups excluding carboxylic acids is 1. The average molecular weight is 340 g/mol. The molecule has 1 aromatic carbocycles. The van der Waals surface area contributed by atoms with E-state index in [0.29, 0.717) is 25.2 Å². The minimum Gasteiger partial charge on any atom is -0.352 e. The zero-order valence-electron chi connectivity index (χ0n) is 14.3. The highest BCUT2D eigenvalue weighted by Gasteiger charge is 2.22. The van der Waals surface area contributed by atoms with E-state index >= 15 is 0 Å². The Morgan fingerprint density at radius 1 is 1.09 bits per heavy atom. The Morgan fingerprint density at radius 2 is 1.78 bits per heavy atom. The Kier molecular flexibility index (Phi) is 8.26. The third kappa shape index (κ3) is 5.62. The first-order chi connectivity index (χ1) is 11.0. The lowest BCUT2D eigenvalue weighted by Gasteiger charge is -2.18. The van der Waals surface area contributed by atoms with Crippen molar-refractivity contribution < 1.29 is 13.2 Å². The van der Waals surface area contributed by atoms with Crippen molar-refractivity contribution in [3.05, 3.63) is 29.8 Å². The van der Waals surface area contributed by atoms with Gasteiger partial charge in [0.05, 0.1) is 4.90 Å². The maximum absolute atomic E-state index is 12.5. The molecule has 0 bridgehead atoms. The number of nitrogens with one attached hydrogen (secondary N) is 1. The van der Waals surface area contributed by atoms with Crippen LogP contribution in [0.3, 0.4) is 0 Å². The van der Waals surface area contributed by atoms with E-state index in [4.69, 9.17) is 0 Å². The lowest BCUT2D eigenvalue weighted by Crippen LogP contribution is -2.31. The van der Waals surface area contributed by atoms with E-state index in [1.165, 1.54) is 16.4 Å². The van der Waals surface area contributed by atoms with E-state index in [1.54, 1.807) is 26.0 Å². The summed E-state index contributed by atoms with van der Waals surface area (Å²) in [5.41, 5.74) is 0.383. The molecule has 5 nitrogen and oxygen atoms in total. The summed E-state index contributed by atoms with van der Waals surface area (Å²) >= 11 is 0. The van der Waals surface area contributed by atoms with Gasteiger partial charge in [0.25, 0.3) is 5.91 Å². The maximum atomic E-state index is 12.5. The number of benzene rings is 1. The van der Waals surface area contributed by atoms with Crippen molar-refractivity contribution in [1.29, 1.82) is 0 Å². The molecule has 23 heavy (non-hydrogen) atoms. The molecular weight excluding hydrogens is 312 g/mol. The second-order valence-corrected chi connectivity index (χ2v) is 7.37. The third-order valence-electron chi connectivity index (χ3n) is 3.76. The van der Waals surface area contributed by atoms with Crippen molar-refractivity contribution in [1.82, 2.24) is 9.62 Å². The van der Waals surface area contributed by atoms with E-state index in [0.717, 1.165) is 25.7 Å². The fraction of sp³-hybridized carbons (Fsp3) is 0.588. The van der Waals surface area contributed by atoms with Gasteiger partial charge in [-0.1, -0.05) is 46.1 Å². The van der Waals surface area contributed by atoms with Crippen LogP contribution in [0.5, 0.6) is 0 Å². The second-order valence-electron chi connectivity index (χ2n) is 5.43. The standard InChI is InChI=1S/C17H28N2O3S/c1-4-7-8-9-13-18-17(20)15-11-10-12-16(14-15)23(21,22)19(5-2)6-3/h10-12,14H,4-9,13H2,1-3H3,(H,18,20). The van der Waals surface area contributed by atoms with E-state index in [1.807, 2.05) is 0 Å². The van der Waals surface area contributed by atoms with Crippen LogP contribution in [0, 0.1) is 0 Å². The second kappa shape index (κ2) is 9.67. The van der Waals surface area contributed by atoms with Gasteiger partial charge < -0.3 is 5.32 Å². The highest BCUT2D eigenvalue weighted by Crippen LogP contribution is 2.17. The van der Waals surface area contributed by atoms with Crippen LogP contribution < -0.4 is 5.32 Å². The molecule has 130 valence electrons. The van der Waals surface area contributed by atoms with Crippen LogP contribution in [0.4, 0.5) is 0 Å². The van der Waals surface area contributed by atoms with Crippen LogP contribution >= 0.6 is 0 Å². The van der Waals surface area contributed by atoms with Crippen molar-refractivity contribution in [2.75, 3.05) is 19.6 Å². The highest BCUT2D eigenvalue weighted by molar-refractivity contribution is 7.89. The van der Waals surface area contributed by atoms with Gasteiger partial charge in [-0.2, -0.15) is 4.31 Å². The number of unbranched alkanes of at least 4 members (excludes halogenated alkanes) is 3. The number of nitrogens with zero attached hydrogens (tertiary/aromatic N) is 1. The Bertz CT molecular complexity index is 596. The SMILES string of the molecule is CCCCCCNC(=O)c1cccc(S(=O)(=O)N(CC)CC)c1. The summed E-state index contributed by atoms with van der Waals surface area (Å²) in [5, 5.41) is 2.85. The molecule has 0 radical (unpaired) electrons. The first-order valence-corrected chi connectivity index (χ1v) is 9.79. The van der Waals surface area contributed by atoms with E-state index < -0.39 is 10.0 Å². The molecule has 0 aromatic heterocycles. The van der Waals surface area contributed by atoms with Gasteiger partial charge in [-0.15, -0.1) is 0 Å². The number of sulfonamides is 1. The minimum absolute atomic E-state index is 0.167. The van der Waals surface area contributed by atoms with Gasteiger partial charge in [-0.3, -0.25) is 4.79 Å². The summed E-state index contributed by atoms with van der Waals surface area (Å²) in [5.74, 6) is -0.224. The van der Waals surface area contributed by atoms with Gasteiger partial charge in [-0.05, 0) is 24.6 Å². The molecule has 0 fully saturated rings. The molecular formula is C17H28N2O3S. The predicted molar refractivity (Wildman–Crippen MR) is 93.0 cm³/mol. The Balaban J connectivity index is 2.78. The summed E-state index contributed by atoms with van der Waals surface area (Å²) in [6.45, 7) is 7.17. The first-order valence-electron chi connectivity index (χ1n) is 8.35. The van der Waals surface area contributed by atoms with Gasteiger partial charge in [0.2, 0.25) is 10.0 Å². The van der Waals surface area contributed by atoms with Crippen molar-refractivity contribution in [2.45, 2.75) is 51.3 Å². The van der Waals surface area contributed by atoms with E-state index in [-0.39, 0.29) is 10.8 Å². The first kappa shape index (κ1) is 19.6. The average Bonchev–Trinajstić information content (AvgIpc) is 2.55. The molecule has 0 saturated carbocycles. The molecule has 0 aliphatic rings. The van der Waals surface area contributed by atoms with Crippen molar-refractivity contribution >= 4 is 15.9 Å². The third-order valence-corrected chi connectivity index (χ3v) is 5.80. The Hall–Kier alpha value is -1.40. The molecule has 0 aliphatic heterocycles. The largest absolute Gasteiger partial charge is 0.352 e. The summed E-state index contributed by atoms with van der Waals surface area (Å²) in [4.78, 5) is 12.3. The van der Waals surface area contributed by atoms with Gasteiger partial charge in [0, 0.05) is 25.2 Å². The molecule has 0 heterocycles. The predicted octanol–water partition coefficient (Wildman–Crippen LogP) is 3.03. The van der Waals surface area contributed by atoms with Gasteiger partial charge in [-0.25, -0.2) is 8.42 Å². The topological polar surface area (TPSA) is 66.5 Å². The van der Waals surface area contributed by atoms with Gasteiger partial charge in [0.1, 0.15) is 0 Å². The van der Waals surface area contributed by atoms with E-state index in [2.05, 4.69) is 12.2 Å². The number of hydrogen-bond acceptors (Lipinski definition) is 3. The maximum Gasteiger partial charge on any atom is 0.251 e. The Morgan fingerprint density at radius 3 is 2.39 bits per heavy atom. The quantitative estimate of drug-likeness (QED) is 0.666.